The molecule has 3 saturated heterocycles. The number of carbonyl (C=O) groups is 4. The first-order valence-electron chi connectivity index (χ1n) is 8.43. The fourth-order valence-electron chi connectivity index (χ4n) is 2.28. The molecule has 1 aliphatic carbocycles. The molecule has 0 saturated carbocycles. The normalized spacial score (nSPS) is 19.3. The van der Waals surface area contributed by atoms with Gasteiger partial charge in [-0.05, 0) is 6.08 Å². The van der Waals surface area contributed by atoms with Crippen molar-refractivity contribution in [2.24, 2.45) is 11.5 Å². The Kier molecular flexibility index (Phi) is 6.35. The van der Waals surface area contributed by atoms with E-state index in [2.05, 4.69) is 18.0 Å². The monoisotopic (exact) mass is 377 g/mol. The number of ketones is 2. The number of hydrogen-bond donors (Lipinski definition) is 3. The lowest BCUT2D eigenvalue weighted by molar-refractivity contribution is -0.135. The minimum Gasteiger partial charge on any atom is -0.480 e. The molecule has 27 heavy (non-hydrogen) atoms. The maximum atomic E-state index is 12.4. The summed E-state index contributed by atoms with van der Waals surface area (Å²) in [5, 5.41) is 7.60. The fourth-order valence-corrected chi connectivity index (χ4v) is 2.28. The third-order valence-corrected chi connectivity index (χ3v) is 3.86. The number of amides is 1. The van der Waals surface area contributed by atoms with Gasteiger partial charge >= 0.3 is 5.97 Å². The number of rotatable bonds is 5. The van der Waals surface area contributed by atoms with Crippen LogP contribution in [0.25, 0.3) is 0 Å². The average molecular weight is 377 g/mol. The van der Waals surface area contributed by atoms with Gasteiger partial charge in [0.2, 0.25) is 17.5 Å². The average Bonchev–Trinajstić information content (AvgIpc) is 3.50. The number of primary amides is 1. The van der Waals surface area contributed by atoms with Gasteiger partial charge in [-0.3, -0.25) is 19.2 Å². The number of carboxylic acid groups (broad SMARTS) is 1. The molecule has 3 heterocycles. The molecule has 5 N–H and O–H groups in total. The van der Waals surface area contributed by atoms with E-state index in [1.807, 2.05) is 14.7 Å². The Hall–Kier alpha value is -3.14. The second-order valence-electron chi connectivity index (χ2n) is 6.09. The largest absolute Gasteiger partial charge is 0.480 e. The van der Waals surface area contributed by atoms with E-state index >= 15 is 0 Å². The van der Waals surface area contributed by atoms with Gasteiger partial charge in [-0.25, -0.2) is 0 Å². The summed E-state index contributed by atoms with van der Waals surface area (Å²) in [7, 11) is 0. The highest BCUT2D eigenvalue weighted by Gasteiger charge is 2.43. The predicted octanol–water partition coefficient (Wildman–Crippen LogP) is -2.13. The zero-order valence-corrected chi connectivity index (χ0v) is 14.9. The number of hydrogen-bond acceptors (Lipinski definition) is 8. The molecule has 10 heteroatoms. The van der Waals surface area contributed by atoms with Crippen LogP contribution in [0.5, 0.6) is 0 Å². The topological polar surface area (TPSA) is 150 Å². The van der Waals surface area contributed by atoms with Gasteiger partial charge in [-0.2, -0.15) is 0 Å². The number of Topliss-reactive ketones (excluding diaryl/α,β-unsaturated/α-hetero) is 1. The van der Waals surface area contributed by atoms with Gasteiger partial charge in [-0.1, -0.05) is 6.58 Å². The Morgan fingerprint density at radius 3 is 1.78 bits per heavy atom. The summed E-state index contributed by atoms with van der Waals surface area (Å²) in [5.41, 5.74) is 11.0. The summed E-state index contributed by atoms with van der Waals surface area (Å²) < 4.78 is 0. The summed E-state index contributed by atoms with van der Waals surface area (Å²) in [5.74, 6) is -1.40. The molecule has 146 valence electrons. The lowest BCUT2D eigenvalue weighted by Crippen LogP contribution is -2.29. The lowest BCUT2D eigenvalue weighted by atomic mass is 10.0. The van der Waals surface area contributed by atoms with E-state index in [9.17, 15) is 19.2 Å². The van der Waals surface area contributed by atoms with Crippen LogP contribution in [0, 0.1) is 0 Å². The van der Waals surface area contributed by atoms with Gasteiger partial charge in [0, 0.05) is 45.3 Å². The van der Waals surface area contributed by atoms with Crippen LogP contribution < -0.4 is 11.5 Å². The molecule has 3 aliphatic heterocycles. The molecule has 0 bridgehead atoms. The maximum Gasteiger partial charge on any atom is 0.317 e. The van der Waals surface area contributed by atoms with E-state index in [4.69, 9.17) is 5.11 Å². The molecule has 1 amide bonds. The van der Waals surface area contributed by atoms with Crippen LogP contribution in [0.3, 0.4) is 0 Å². The first-order valence-corrected chi connectivity index (χ1v) is 8.43. The van der Waals surface area contributed by atoms with E-state index < -0.39 is 11.9 Å². The molecule has 0 spiro atoms. The molecule has 0 unspecified atom stereocenters. The van der Waals surface area contributed by atoms with E-state index in [1.54, 1.807) is 0 Å². The van der Waals surface area contributed by atoms with Crippen molar-refractivity contribution in [1.29, 1.82) is 0 Å². The number of aliphatic carboxylic acids is 1. The van der Waals surface area contributed by atoms with Crippen molar-refractivity contribution < 1.29 is 24.3 Å². The van der Waals surface area contributed by atoms with Crippen LogP contribution in [-0.4, -0.2) is 89.1 Å². The van der Waals surface area contributed by atoms with Gasteiger partial charge in [0.05, 0.1) is 12.2 Å². The first-order chi connectivity index (χ1) is 12.8. The van der Waals surface area contributed by atoms with Gasteiger partial charge in [0.15, 0.2) is 0 Å². The summed E-state index contributed by atoms with van der Waals surface area (Å²) >= 11 is 0. The molecule has 0 atom stereocenters. The molecule has 4 rings (SSSR count). The van der Waals surface area contributed by atoms with Crippen molar-refractivity contribution in [3.63, 3.8) is 0 Å². The lowest BCUT2D eigenvalue weighted by Gasteiger charge is -2.21. The van der Waals surface area contributed by atoms with Gasteiger partial charge in [0.1, 0.15) is 11.4 Å². The molecular weight excluding hydrogens is 354 g/mol. The second-order valence-corrected chi connectivity index (χ2v) is 6.09. The summed E-state index contributed by atoms with van der Waals surface area (Å²) in [6.07, 6.45) is 2.58. The number of carboxylic acids is 1. The number of nitrogens with zero attached hydrogens (tertiary/aromatic N) is 3. The highest BCUT2D eigenvalue weighted by molar-refractivity contribution is 6.22. The van der Waals surface area contributed by atoms with Crippen LogP contribution in [0.15, 0.2) is 35.8 Å². The molecule has 0 aromatic carbocycles. The second kappa shape index (κ2) is 8.49. The highest BCUT2D eigenvalue weighted by Crippen LogP contribution is 2.33. The molecule has 0 radical (unpaired) electrons. The molecular formula is C17H23N5O5. The standard InChI is InChI=1S/C12H13N3O2.C3H5NO.C2H5NO2/c16-9-7-8(13-1-2-13)12(17)11(15-5-6-15)10(9)14-3-4-14;1-2-3(4)5;3-1-2(4)5/h7H,1-6H2;2H,1H2,(H2,4,5);1,3H2,(H,4,5). The summed E-state index contributed by atoms with van der Waals surface area (Å²) in [6, 6.07) is 0. The molecule has 0 aromatic heterocycles. The van der Waals surface area contributed by atoms with E-state index in [1.165, 1.54) is 6.08 Å². The maximum absolute atomic E-state index is 12.4. The number of nitrogens with two attached hydrogens (primary N) is 2. The van der Waals surface area contributed by atoms with Crippen molar-refractivity contribution in [3.8, 4) is 0 Å². The summed E-state index contributed by atoms with van der Waals surface area (Å²) in [4.78, 5) is 49.2. The molecule has 10 nitrogen and oxygen atoms in total. The minimum absolute atomic E-state index is 0.00546. The first kappa shape index (κ1) is 20.2. The third-order valence-electron chi connectivity index (χ3n) is 3.86. The number of allylic oxidation sites excluding steroid dienone is 1. The zero-order valence-electron chi connectivity index (χ0n) is 14.9. The minimum atomic E-state index is -0.968. The smallest absolute Gasteiger partial charge is 0.317 e. The SMILES string of the molecule is C=CC(N)=O.NCC(=O)O.O=C1C=C(N2CC2)C(=O)C(N2CC2)=C1N1CC1. The fraction of sp³-hybridized carbons (Fsp3) is 0.412. The van der Waals surface area contributed by atoms with Crippen LogP contribution in [-0.2, 0) is 19.2 Å². The van der Waals surface area contributed by atoms with Gasteiger partial charge in [0.25, 0.3) is 0 Å². The van der Waals surface area contributed by atoms with Crippen LogP contribution in [0.1, 0.15) is 0 Å². The van der Waals surface area contributed by atoms with E-state index in [0.29, 0.717) is 17.1 Å². The van der Waals surface area contributed by atoms with E-state index in [-0.39, 0.29) is 18.1 Å². The molecule has 0 aromatic rings. The van der Waals surface area contributed by atoms with E-state index in [0.717, 1.165) is 45.3 Å². The Morgan fingerprint density at radius 2 is 1.44 bits per heavy atom. The van der Waals surface area contributed by atoms with Crippen molar-refractivity contribution >= 4 is 23.4 Å². The Balaban J connectivity index is 0.000000221. The van der Waals surface area contributed by atoms with Crippen molar-refractivity contribution in [1.82, 2.24) is 14.7 Å². The molecule has 4 aliphatic rings. The van der Waals surface area contributed by atoms with Crippen LogP contribution in [0.4, 0.5) is 0 Å². The number of carbonyl (C=O) groups excluding carboxylic acids is 3. The quantitative estimate of drug-likeness (QED) is 0.277. The third kappa shape index (κ3) is 5.68. The zero-order chi connectivity index (χ0) is 20.1. The van der Waals surface area contributed by atoms with Crippen molar-refractivity contribution in [2.75, 3.05) is 45.8 Å². The van der Waals surface area contributed by atoms with Crippen LogP contribution >= 0.6 is 0 Å². The van der Waals surface area contributed by atoms with Crippen LogP contribution in [0.2, 0.25) is 0 Å². The Labute approximate surface area is 156 Å². The highest BCUT2D eigenvalue weighted by atomic mass is 16.4. The molecule has 3 fully saturated rings. The van der Waals surface area contributed by atoms with Gasteiger partial charge in [-0.15, -0.1) is 0 Å². The van der Waals surface area contributed by atoms with Gasteiger partial charge < -0.3 is 31.3 Å². The Bertz CT molecular complexity index is 730. The predicted molar refractivity (Wildman–Crippen MR) is 95.9 cm³/mol. The van der Waals surface area contributed by atoms with Crippen molar-refractivity contribution in [3.05, 3.63) is 35.8 Å². The Morgan fingerprint density at radius 1 is 1.04 bits per heavy atom. The van der Waals surface area contributed by atoms with Crippen molar-refractivity contribution in [2.45, 2.75) is 0 Å². The summed E-state index contributed by atoms with van der Waals surface area (Å²) in [6.45, 7) is 8.21.